The van der Waals surface area contributed by atoms with Crippen molar-refractivity contribution >= 4 is 33.1 Å². The zero-order valence-corrected chi connectivity index (χ0v) is 8.62. The predicted octanol–water partition coefficient (Wildman–Crippen LogP) is 3.84. The summed E-state index contributed by atoms with van der Waals surface area (Å²) in [5.74, 6) is -0.0447. The molecular formula is C9H7BrClF. The Kier molecular flexibility index (Phi) is 3.29. The fraction of sp³-hybridized carbons (Fsp3) is 0.111. The molecule has 0 nitrogen and oxygen atoms in total. The molecule has 0 heterocycles. The van der Waals surface area contributed by atoms with E-state index >= 15 is 0 Å². The first-order valence-corrected chi connectivity index (χ1v) is 4.67. The zero-order valence-electron chi connectivity index (χ0n) is 6.28. The van der Waals surface area contributed by atoms with Gasteiger partial charge in [0, 0.05) is 15.9 Å². The lowest BCUT2D eigenvalue weighted by atomic mass is 10.1. The summed E-state index contributed by atoms with van der Waals surface area (Å²) >= 11 is 8.77. The van der Waals surface area contributed by atoms with E-state index in [1.165, 1.54) is 6.07 Å². The minimum atomic E-state index is -0.288. The number of hydrogen-bond acceptors (Lipinski definition) is 0. The van der Waals surface area contributed by atoms with Gasteiger partial charge in [-0.15, -0.1) is 11.6 Å². The molecule has 0 fully saturated rings. The Balaban J connectivity index is 3.13. The lowest BCUT2D eigenvalue weighted by molar-refractivity contribution is 0.623. The molecule has 0 saturated heterocycles. The van der Waals surface area contributed by atoms with E-state index < -0.39 is 0 Å². The lowest BCUT2D eigenvalue weighted by Gasteiger charge is -2.03. The maximum atomic E-state index is 13.1. The van der Waals surface area contributed by atoms with Crippen molar-refractivity contribution in [2.24, 2.45) is 0 Å². The monoisotopic (exact) mass is 248 g/mol. The third-order valence-corrected chi connectivity index (χ3v) is 2.29. The average Bonchev–Trinajstić information content (AvgIpc) is 2.08. The van der Waals surface area contributed by atoms with Crippen molar-refractivity contribution in [3.63, 3.8) is 0 Å². The molecule has 0 radical (unpaired) electrons. The summed E-state index contributed by atoms with van der Waals surface area (Å²) in [5, 5.41) is 0. The second-order valence-corrected chi connectivity index (χ2v) is 3.54. The lowest BCUT2D eigenvalue weighted by Crippen LogP contribution is -1.89. The molecule has 1 aromatic rings. The molecule has 0 saturated carbocycles. The van der Waals surface area contributed by atoms with E-state index in [4.69, 9.17) is 11.6 Å². The van der Waals surface area contributed by atoms with Crippen molar-refractivity contribution in [3.05, 3.63) is 40.6 Å². The SMILES string of the molecule is C=C(CCl)c1cc(Br)ccc1F. The van der Waals surface area contributed by atoms with Crippen molar-refractivity contribution < 1.29 is 4.39 Å². The number of hydrogen-bond donors (Lipinski definition) is 0. The van der Waals surface area contributed by atoms with Crippen LogP contribution in [-0.2, 0) is 0 Å². The molecule has 64 valence electrons. The first-order valence-electron chi connectivity index (χ1n) is 3.34. The number of halogens is 3. The number of benzene rings is 1. The van der Waals surface area contributed by atoms with Gasteiger partial charge in [0.05, 0.1) is 0 Å². The van der Waals surface area contributed by atoms with Gasteiger partial charge < -0.3 is 0 Å². The molecule has 0 aliphatic rings. The van der Waals surface area contributed by atoms with Crippen molar-refractivity contribution in [1.29, 1.82) is 0 Å². The highest BCUT2D eigenvalue weighted by Gasteiger charge is 2.04. The third-order valence-electron chi connectivity index (χ3n) is 1.47. The molecule has 0 amide bonds. The molecule has 0 aliphatic heterocycles. The molecule has 1 rings (SSSR count). The predicted molar refractivity (Wildman–Crippen MR) is 53.9 cm³/mol. The first kappa shape index (κ1) is 9.75. The maximum Gasteiger partial charge on any atom is 0.130 e. The van der Waals surface area contributed by atoms with E-state index in [0.29, 0.717) is 11.1 Å². The number of alkyl halides is 1. The Hall–Kier alpha value is -0.340. The molecule has 0 bridgehead atoms. The van der Waals surface area contributed by atoms with Gasteiger partial charge in [-0.2, -0.15) is 0 Å². The van der Waals surface area contributed by atoms with Gasteiger partial charge in [-0.05, 0) is 23.8 Å². The molecule has 0 spiro atoms. The van der Waals surface area contributed by atoms with Gasteiger partial charge in [-0.3, -0.25) is 0 Å². The van der Waals surface area contributed by atoms with Crippen LogP contribution in [0.3, 0.4) is 0 Å². The Morgan fingerprint density at radius 2 is 2.25 bits per heavy atom. The number of allylic oxidation sites excluding steroid dienone is 1. The fourth-order valence-electron chi connectivity index (χ4n) is 0.840. The molecule has 0 aliphatic carbocycles. The van der Waals surface area contributed by atoms with Crippen LogP contribution in [0, 0.1) is 5.82 Å². The second kappa shape index (κ2) is 4.06. The van der Waals surface area contributed by atoms with Gasteiger partial charge in [0.15, 0.2) is 0 Å². The highest BCUT2D eigenvalue weighted by molar-refractivity contribution is 9.10. The summed E-state index contributed by atoms with van der Waals surface area (Å²) in [6, 6.07) is 4.69. The summed E-state index contributed by atoms with van der Waals surface area (Å²) < 4.78 is 13.9. The highest BCUT2D eigenvalue weighted by atomic mass is 79.9. The van der Waals surface area contributed by atoms with Gasteiger partial charge >= 0.3 is 0 Å². The molecule has 3 heteroatoms. The second-order valence-electron chi connectivity index (χ2n) is 2.36. The highest BCUT2D eigenvalue weighted by Crippen LogP contribution is 2.21. The molecule has 0 unspecified atom stereocenters. The standard InChI is InChI=1S/C9H7BrClF/c1-6(5-11)8-4-7(10)2-3-9(8)12/h2-4H,1,5H2. The molecule has 12 heavy (non-hydrogen) atoms. The summed E-state index contributed by atoms with van der Waals surface area (Å²) in [4.78, 5) is 0. The van der Waals surface area contributed by atoms with E-state index in [0.717, 1.165) is 4.47 Å². The average molecular weight is 250 g/mol. The normalized spacial score (nSPS) is 9.92. The van der Waals surface area contributed by atoms with E-state index in [1.54, 1.807) is 12.1 Å². The largest absolute Gasteiger partial charge is 0.206 e. The van der Waals surface area contributed by atoms with Crippen LogP contribution >= 0.6 is 27.5 Å². The smallest absolute Gasteiger partial charge is 0.130 e. The summed E-state index contributed by atoms with van der Waals surface area (Å²) in [7, 11) is 0. The van der Waals surface area contributed by atoms with E-state index in [-0.39, 0.29) is 11.7 Å². The van der Waals surface area contributed by atoms with Crippen LogP contribution in [0.1, 0.15) is 5.56 Å². The molecule has 0 N–H and O–H groups in total. The quantitative estimate of drug-likeness (QED) is 0.699. The van der Waals surface area contributed by atoms with Crippen LogP contribution in [0.2, 0.25) is 0 Å². The van der Waals surface area contributed by atoms with Crippen molar-refractivity contribution in [3.8, 4) is 0 Å². The van der Waals surface area contributed by atoms with Crippen LogP contribution in [0.25, 0.3) is 5.57 Å². The fourth-order valence-corrected chi connectivity index (χ4v) is 1.35. The summed E-state index contributed by atoms with van der Waals surface area (Å²) in [6.45, 7) is 3.65. The summed E-state index contributed by atoms with van der Waals surface area (Å²) in [6.07, 6.45) is 0. The van der Waals surface area contributed by atoms with Crippen LogP contribution in [0.5, 0.6) is 0 Å². The minimum Gasteiger partial charge on any atom is -0.206 e. The van der Waals surface area contributed by atoms with Crippen molar-refractivity contribution in [2.45, 2.75) is 0 Å². The Bertz CT molecular complexity index is 309. The maximum absolute atomic E-state index is 13.1. The van der Waals surface area contributed by atoms with E-state index in [2.05, 4.69) is 22.5 Å². The Morgan fingerprint density at radius 3 is 2.83 bits per heavy atom. The van der Waals surface area contributed by atoms with Gasteiger partial charge in [0.25, 0.3) is 0 Å². The van der Waals surface area contributed by atoms with Crippen LogP contribution in [0.4, 0.5) is 4.39 Å². The third kappa shape index (κ3) is 2.08. The molecule has 0 atom stereocenters. The van der Waals surface area contributed by atoms with Gasteiger partial charge in [0.2, 0.25) is 0 Å². The number of rotatable bonds is 2. The van der Waals surface area contributed by atoms with Gasteiger partial charge in [-0.1, -0.05) is 22.5 Å². The topological polar surface area (TPSA) is 0 Å². The van der Waals surface area contributed by atoms with Gasteiger partial charge in [-0.25, -0.2) is 4.39 Å². The molecule has 0 aromatic heterocycles. The molecular weight excluding hydrogens is 242 g/mol. The first-order chi connectivity index (χ1) is 5.65. The Morgan fingerprint density at radius 1 is 1.58 bits per heavy atom. The van der Waals surface area contributed by atoms with Crippen molar-refractivity contribution in [1.82, 2.24) is 0 Å². The van der Waals surface area contributed by atoms with Crippen LogP contribution in [0.15, 0.2) is 29.3 Å². The van der Waals surface area contributed by atoms with E-state index in [1.807, 2.05) is 0 Å². The van der Waals surface area contributed by atoms with E-state index in [9.17, 15) is 4.39 Å². The van der Waals surface area contributed by atoms with Crippen LogP contribution in [-0.4, -0.2) is 5.88 Å². The molecule has 1 aromatic carbocycles. The minimum absolute atomic E-state index is 0.243. The van der Waals surface area contributed by atoms with Gasteiger partial charge in [0.1, 0.15) is 5.82 Å². The zero-order chi connectivity index (χ0) is 9.14. The Labute approximate surface area is 84.2 Å². The summed E-state index contributed by atoms with van der Waals surface area (Å²) in [5.41, 5.74) is 1.06. The van der Waals surface area contributed by atoms with Crippen molar-refractivity contribution in [2.75, 3.05) is 5.88 Å². The van der Waals surface area contributed by atoms with Crippen LogP contribution < -0.4 is 0 Å².